The van der Waals surface area contributed by atoms with E-state index in [-0.39, 0.29) is 11.3 Å². The summed E-state index contributed by atoms with van der Waals surface area (Å²) in [4.78, 5) is 21.5. The highest BCUT2D eigenvalue weighted by molar-refractivity contribution is 6.02. The Morgan fingerprint density at radius 1 is 1.75 bits per heavy atom. The normalized spacial score (nSPS) is 20.3. The van der Waals surface area contributed by atoms with Crippen molar-refractivity contribution in [2.75, 3.05) is 0 Å². The van der Waals surface area contributed by atoms with Gasteiger partial charge in [0, 0.05) is 0 Å². The summed E-state index contributed by atoms with van der Waals surface area (Å²) in [5.74, 6) is -1.54. The summed E-state index contributed by atoms with van der Waals surface area (Å²) in [6, 6.07) is -1.09. The first-order valence-electron chi connectivity index (χ1n) is 3.18. The maximum Gasteiger partial charge on any atom is 0.334 e. The lowest BCUT2D eigenvalue weighted by molar-refractivity contribution is -0.139. The first-order valence-corrected chi connectivity index (χ1v) is 3.18. The van der Waals surface area contributed by atoms with Crippen molar-refractivity contribution in [1.29, 1.82) is 0 Å². The smallest absolute Gasteiger partial charge is 0.334 e. The molecule has 6 heteroatoms. The molecule has 0 radical (unpaired) electrons. The van der Waals surface area contributed by atoms with Gasteiger partial charge in [0.05, 0.1) is 6.20 Å². The molecule has 6 nitrogen and oxygen atoms in total. The van der Waals surface area contributed by atoms with Gasteiger partial charge in [-0.2, -0.15) is 0 Å². The molecule has 0 aliphatic carbocycles. The first-order chi connectivity index (χ1) is 5.70. The topological polar surface area (TPSA) is 92.4 Å². The molecular formula is C6H4N2O4. The number of fused-ring (bicyclic) bond motifs is 1. The van der Waals surface area contributed by atoms with Crippen LogP contribution in [0.1, 0.15) is 22.2 Å². The summed E-state index contributed by atoms with van der Waals surface area (Å²) in [6.45, 7) is 0. The van der Waals surface area contributed by atoms with E-state index in [0.717, 1.165) is 0 Å². The monoisotopic (exact) mass is 168 g/mol. The number of carboxylic acid groups (broad SMARTS) is 1. The van der Waals surface area contributed by atoms with E-state index in [0.29, 0.717) is 0 Å². The highest BCUT2D eigenvalue weighted by atomic mass is 16.5. The Bertz CT molecular complexity index is 356. The molecule has 1 atom stereocenters. The van der Waals surface area contributed by atoms with E-state index in [4.69, 9.17) is 5.11 Å². The second-order valence-corrected chi connectivity index (χ2v) is 2.35. The molecule has 1 amide bonds. The third kappa shape index (κ3) is 0.714. The van der Waals surface area contributed by atoms with Gasteiger partial charge >= 0.3 is 5.97 Å². The van der Waals surface area contributed by atoms with Crippen LogP contribution in [0.15, 0.2) is 10.7 Å². The van der Waals surface area contributed by atoms with Gasteiger partial charge in [0.2, 0.25) is 0 Å². The minimum atomic E-state index is -1.15. The number of carbonyl (C=O) groups excluding carboxylic acids is 1. The summed E-state index contributed by atoms with van der Waals surface area (Å²) >= 11 is 0. The predicted molar refractivity (Wildman–Crippen MR) is 34.3 cm³/mol. The Kier molecular flexibility index (Phi) is 1.18. The molecule has 12 heavy (non-hydrogen) atoms. The molecule has 0 bridgehead atoms. The number of rotatable bonds is 1. The molecule has 1 unspecified atom stereocenters. The van der Waals surface area contributed by atoms with Crippen LogP contribution in [0.3, 0.4) is 0 Å². The van der Waals surface area contributed by atoms with Crippen LogP contribution in [0.5, 0.6) is 0 Å². The number of carboxylic acids is 1. The first kappa shape index (κ1) is 6.84. The van der Waals surface area contributed by atoms with Gasteiger partial charge in [-0.1, -0.05) is 5.16 Å². The Balaban J connectivity index is 2.48. The maximum absolute atomic E-state index is 11.0. The van der Waals surface area contributed by atoms with Crippen molar-refractivity contribution in [2.45, 2.75) is 6.04 Å². The highest BCUT2D eigenvalue weighted by Crippen LogP contribution is 2.24. The molecule has 1 aliphatic rings. The van der Waals surface area contributed by atoms with Gasteiger partial charge in [-0.25, -0.2) is 4.79 Å². The van der Waals surface area contributed by atoms with E-state index in [9.17, 15) is 9.59 Å². The quantitative estimate of drug-likeness (QED) is 0.592. The number of hydrogen-bond donors (Lipinski definition) is 2. The van der Waals surface area contributed by atoms with Crippen LogP contribution in [0.2, 0.25) is 0 Å². The van der Waals surface area contributed by atoms with Crippen molar-refractivity contribution in [3.8, 4) is 0 Å². The average Bonchev–Trinajstić information content (AvgIpc) is 2.53. The standard InChI is InChI=1S/C6H4N2O4/c9-5-2-1-7-12-4(2)3(8-5)6(10)11/h1,3H,(H,8,9)(H,10,11). The van der Waals surface area contributed by atoms with Crippen LogP contribution in [0.25, 0.3) is 0 Å². The molecule has 1 aromatic heterocycles. The molecule has 1 aromatic rings. The molecule has 0 spiro atoms. The molecule has 62 valence electrons. The van der Waals surface area contributed by atoms with Crippen molar-refractivity contribution in [3.05, 3.63) is 17.5 Å². The second kappa shape index (κ2) is 2.07. The van der Waals surface area contributed by atoms with Gasteiger partial charge in [-0.15, -0.1) is 0 Å². The zero-order valence-corrected chi connectivity index (χ0v) is 5.77. The second-order valence-electron chi connectivity index (χ2n) is 2.35. The molecule has 2 heterocycles. The molecule has 0 fully saturated rings. The van der Waals surface area contributed by atoms with Crippen LogP contribution in [0.4, 0.5) is 0 Å². The summed E-state index contributed by atoms with van der Waals surface area (Å²) in [5, 5.41) is 14.1. The van der Waals surface area contributed by atoms with E-state index in [1.807, 2.05) is 0 Å². The van der Waals surface area contributed by atoms with E-state index in [1.54, 1.807) is 0 Å². The third-order valence-corrected chi connectivity index (χ3v) is 1.63. The van der Waals surface area contributed by atoms with Gasteiger partial charge in [-0.05, 0) is 0 Å². The van der Waals surface area contributed by atoms with Crippen molar-refractivity contribution in [3.63, 3.8) is 0 Å². The zero-order valence-electron chi connectivity index (χ0n) is 5.77. The summed E-state index contributed by atoms with van der Waals surface area (Å²) in [5.41, 5.74) is 0.197. The van der Waals surface area contributed by atoms with Crippen molar-refractivity contribution in [2.24, 2.45) is 0 Å². The number of hydrogen-bond acceptors (Lipinski definition) is 4. The third-order valence-electron chi connectivity index (χ3n) is 1.63. The molecular weight excluding hydrogens is 164 g/mol. The molecule has 1 aliphatic heterocycles. The zero-order chi connectivity index (χ0) is 8.72. The van der Waals surface area contributed by atoms with Crippen LogP contribution >= 0.6 is 0 Å². The van der Waals surface area contributed by atoms with Gasteiger partial charge in [0.1, 0.15) is 5.56 Å². The van der Waals surface area contributed by atoms with E-state index in [2.05, 4.69) is 15.0 Å². The fourth-order valence-corrected chi connectivity index (χ4v) is 1.08. The summed E-state index contributed by atoms with van der Waals surface area (Å²) in [7, 11) is 0. The fourth-order valence-electron chi connectivity index (χ4n) is 1.08. The van der Waals surface area contributed by atoms with E-state index < -0.39 is 17.9 Å². The largest absolute Gasteiger partial charge is 0.479 e. The Morgan fingerprint density at radius 2 is 2.50 bits per heavy atom. The van der Waals surface area contributed by atoms with Crippen molar-refractivity contribution in [1.82, 2.24) is 10.5 Å². The van der Waals surface area contributed by atoms with Crippen molar-refractivity contribution < 1.29 is 19.2 Å². The summed E-state index contributed by atoms with van der Waals surface area (Å²) in [6.07, 6.45) is 1.20. The number of aliphatic carboxylic acids is 1. The SMILES string of the molecule is O=C1NC(C(=O)O)c2oncc21. The van der Waals surface area contributed by atoms with E-state index >= 15 is 0 Å². The Hall–Kier alpha value is -1.85. The van der Waals surface area contributed by atoms with Gasteiger partial charge < -0.3 is 14.9 Å². The minimum Gasteiger partial charge on any atom is -0.479 e. The number of aromatic nitrogens is 1. The number of nitrogens with zero attached hydrogens (tertiary/aromatic N) is 1. The van der Waals surface area contributed by atoms with Crippen LogP contribution in [0, 0.1) is 0 Å². The highest BCUT2D eigenvalue weighted by Gasteiger charge is 2.37. The fraction of sp³-hybridized carbons (Fsp3) is 0.167. The number of amides is 1. The molecule has 0 saturated heterocycles. The lowest BCUT2D eigenvalue weighted by Crippen LogP contribution is -2.25. The van der Waals surface area contributed by atoms with E-state index in [1.165, 1.54) is 6.20 Å². The van der Waals surface area contributed by atoms with Crippen LogP contribution in [-0.4, -0.2) is 22.1 Å². The Morgan fingerprint density at radius 3 is 3.17 bits per heavy atom. The predicted octanol–water partition coefficient (Wildman–Crippen LogP) is -0.456. The van der Waals surface area contributed by atoms with Gasteiger partial charge in [-0.3, -0.25) is 4.79 Å². The summed E-state index contributed by atoms with van der Waals surface area (Å²) < 4.78 is 4.61. The average molecular weight is 168 g/mol. The molecule has 2 N–H and O–H groups in total. The van der Waals surface area contributed by atoms with Crippen molar-refractivity contribution >= 4 is 11.9 Å². The molecule has 0 saturated carbocycles. The number of carbonyl (C=O) groups is 2. The molecule has 2 rings (SSSR count). The lowest BCUT2D eigenvalue weighted by atomic mass is 10.2. The number of nitrogens with one attached hydrogen (secondary N) is 1. The molecule has 0 aromatic carbocycles. The lowest BCUT2D eigenvalue weighted by Gasteiger charge is -2.00. The van der Waals surface area contributed by atoms with Crippen LogP contribution < -0.4 is 5.32 Å². The van der Waals surface area contributed by atoms with Gasteiger partial charge in [0.25, 0.3) is 5.91 Å². The van der Waals surface area contributed by atoms with Gasteiger partial charge in [0.15, 0.2) is 11.8 Å². The van der Waals surface area contributed by atoms with Crippen LogP contribution in [-0.2, 0) is 4.79 Å². The maximum atomic E-state index is 11.0. The minimum absolute atomic E-state index is 0.0764. The Labute approximate surface area is 66.2 Å².